The third-order valence-electron chi connectivity index (χ3n) is 6.63. The van der Waals surface area contributed by atoms with E-state index < -0.39 is 0 Å². The van der Waals surface area contributed by atoms with Gasteiger partial charge in [0, 0.05) is 30.8 Å². The third-order valence-corrected chi connectivity index (χ3v) is 6.63. The Morgan fingerprint density at radius 1 is 1.09 bits per heavy atom. The van der Waals surface area contributed by atoms with Crippen LogP contribution in [0.2, 0.25) is 0 Å². The van der Waals surface area contributed by atoms with Crippen LogP contribution in [-0.4, -0.2) is 33.4 Å². The van der Waals surface area contributed by atoms with Gasteiger partial charge in [-0.05, 0) is 73.3 Å². The van der Waals surface area contributed by atoms with E-state index >= 15 is 0 Å². The summed E-state index contributed by atoms with van der Waals surface area (Å²) in [7, 11) is 0. The van der Waals surface area contributed by atoms with Gasteiger partial charge in [-0.3, -0.25) is 19.1 Å². The predicted octanol–water partition coefficient (Wildman–Crippen LogP) is 3.55. The quantitative estimate of drug-likeness (QED) is 0.651. The molecule has 33 heavy (non-hydrogen) atoms. The monoisotopic (exact) mass is 446 g/mol. The summed E-state index contributed by atoms with van der Waals surface area (Å²) in [5.41, 5.74) is 5.15. The van der Waals surface area contributed by atoms with Crippen molar-refractivity contribution in [2.45, 2.75) is 45.7 Å². The van der Waals surface area contributed by atoms with E-state index in [9.17, 15) is 14.0 Å². The lowest BCUT2D eigenvalue weighted by atomic mass is 10.1. The minimum Gasteiger partial charge on any atom is -0.325 e. The van der Waals surface area contributed by atoms with Gasteiger partial charge < -0.3 is 5.32 Å². The van der Waals surface area contributed by atoms with Crippen molar-refractivity contribution in [3.63, 3.8) is 0 Å². The summed E-state index contributed by atoms with van der Waals surface area (Å²) in [6.45, 7) is 4.11. The minimum absolute atomic E-state index is 0.158. The van der Waals surface area contributed by atoms with E-state index in [-0.39, 0.29) is 23.8 Å². The Morgan fingerprint density at radius 3 is 2.67 bits per heavy atom. The number of likely N-dealkylation sites (N-methyl/N-ethyl adjacent to an activating group) is 1. The van der Waals surface area contributed by atoms with Gasteiger partial charge in [-0.15, -0.1) is 0 Å². The van der Waals surface area contributed by atoms with E-state index in [2.05, 4.69) is 23.2 Å². The Kier molecular flexibility index (Phi) is 5.81. The Bertz CT molecular complexity index is 1270. The molecule has 170 valence electrons. The molecule has 0 saturated carbocycles. The van der Waals surface area contributed by atoms with Gasteiger partial charge in [0.15, 0.2) is 0 Å². The summed E-state index contributed by atoms with van der Waals surface area (Å²) in [5, 5.41) is 2.94. The Labute approximate surface area is 192 Å². The van der Waals surface area contributed by atoms with Crippen molar-refractivity contribution < 1.29 is 9.18 Å². The molecule has 2 aromatic carbocycles. The molecule has 1 aliphatic heterocycles. The Hall–Kier alpha value is -3.32. The molecule has 0 unspecified atom stereocenters. The summed E-state index contributed by atoms with van der Waals surface area (Å²) in [6, 6.07) is 11.9. The Morgan fingerprint density at radius 2 is 1.88 bits per heavy atom. The van der Waals surface area contributed by atoms with Crippen molar-refractivity contribution in [2.75, 3.05) is 18.4 Å². The van der Waals surface area contributed by atoms with E-state index in [0.717, 1.165) is 43.7 Å². The van der Waals surface area contributed by atoms with Gasteiger partial charge in [-0.2, -0.15) is 0 Å². The molecule has 1 aromatic heterocycles. The number of anilines is 1. The molecule has 2 aliphatic rings. The van der Waals surface area contributed by atoms with Crippen LogP contribution < -0.4 is 10.9 Å². The minimum atomic E-state index is -0.362. The molecule has 5 rings (SSSR count). The zero-order chi connectivity index (χ0) is 22.9. The normalized spacial score (nSPS) is 15.2. The molecule has 0 spiro atoms. The summed E-state index contributed by atoms with van der Waals surface area (Å²) in [5.74, 6) is -0.255. The number of hydrogen-bond acceptors (Lipinski definition) is 4. The van der Waals surface area contributed by atoms with Crippen LogP contribution in [0.1, 0.15) is 35.7 Å². The molecule has 0 atom stereocenters. The van der Waals surface area contributed by atoms with Gasteiger partial charge in [0.05, 0.1) is 11.3 Å². The number of rotatable bonds is 5. The fourth-order valence-corrected chi connectivity index (χ4v) is 4.80. The SMILES string of the molecule is CCN1CCc2nc(-c3ccc(F)cc3)n(CC(=O)Nc3ccc4c(c3)CCC4)c(=O)c2C1. The van der Waals surface area contributed by atoms with E-state index in [4.69, 9.17) is 4.98 Å². The lowest BCUT2D eigenvalue weighted by Gasteiger charge is -2.27. The topological polar surface area (TPSA) is 67.2 Å². The number of halogens is 1. The summed E-state index contributed by atoms with van der Waals surface area (Å²) in [6.07, 6.45) is 3.92. The van der Waals surface area contributed by atoms with Crippen LogP contribution in [0, 0.1) is 5.82 Å². The van der Waals surface area contributed by atoms with Gasteiger partial charge >= 0.3 is 0 Å². The maximum atomic E-state index is 13.5. The lowest BCUT2D eigenvalue weighted by molar-refractivity contribution is -0.116. The lowest BCUT2D eigenvalue weighted by Crippen LogP contribution is -2.39. The molecule has 0 bridgehead atoms. The van der Waals surface area contributed by atoms with E-state index in [1.54, 1.807) is 12.1 Å². The largest absolute Gasteiger partial charge is 0.325 e. The molecular formula is C26H27FN4O2. The second-order valence-corrected chi connectivity index (χ2v) is 8.76. The first-order valence-corrected chi connectivity index (χ1v) is 11.5. The predicted molar refractivity (Wildman–Crippen MR) is 126 cm³/mol. The fourth-order valence-electron chi connectivity index (χ4n) is 4.80. The summed E-state index contributed by atoms with van der Waals surface area (Å²) < 4.78 is 15.0. The highest BCUT2D eigenvalue weighted by molar-refractivity contribution is 5.91. The maximum absolute atomic E-state index is 13.5. The first-order chi connectivity index (χ1) is 16.0. The number of carbonyl (C=O) groups excluding carboxylic acids is 1. The van der Waals surface area contributed by atoms with Gasteiger partial charge in [0.2, 0.25) is 5.91 Å². The molecule has 0 fully saturated rings. The van der Waals surface area contributed by atoms with Crippen LogP contribution >= 0.6 is 0 Å². The zero-order valence-corrected chi connectivity index (χ0v) is 18.7. The van der Waals surface area contributed by atoms with Crippen LogP contribution in [0.4, 0.5) is 10.1 Å². The van der Waals surface area contributed by atoms with Crippen molar-refractivity contribution in [2.24, 2.45) is 0 Å². The van der Waals surface area contributed by atoms with Gasteiger partial charge in [0.25, 0.3) is 5.56 Å². The number of benzene rings is 2. The summed E-state index contributed by atoms with van der Waals surface area (Å²) in [4.78, 5) is 33.5. The number of aryl methyl sites for hydroxylation is 2. The number of nitrogens with zero attached hydrogens (tertiary/aromatic N) is 3. The average Bonchev–Trinajstić information content (AvgIpc) is 3.29. The number of fused-ring (bicyclic) bond motifs is 2. The number of hydrogen-bond donors (Lipinski definition) is 1. The van der Waals surface area contributed by atoms with E-state index in [1.165, 1.54) is 27.8 Å². The van der Waals surface area contributed by atoms with Gasteiger partial charge in [-0.25, -0.2) is 9.37 Å². The number of amides is 1. The first kappa shape index (κ1) is 21.5. The van der Waals surface area contributed by atoms with Gasteiger partial charge in [-0.1, -0.05) is 13.0 Å². The average molecular weight is 447 g/mol. The molecule has 0 radical (unpaired) electrons. The number of aromatic nitrogens is 2. The van der Waals surface area contributed by atoms with E-state index in [0.29, 0.717) is 29.9 Å². The highest BCUT2D eigenvalue weighted by Crippen LogP contribution is 2.25. The zero-order valence-electron chi connectivity index (χ0n) is 18.7. The molecule has 3 aromatic rings. The molecule has 6 nitrogen and oxygen atoms in total. The van der Waals surface area contributed by atoms with Crippen molar-refractivity contribution in [3.05, 3.63) is 81.0 Å². The standard InChI is InChI=1S/C26H27FN4O2/c1-2-30-13-12-23-22(15-30)26(33)31(25(29-23)18-6-9-20(27)10-7-18)16-24(32)28-21-11-8-17-4-3-5-19(17)14-21/h6-11,14H,2-5,12-13,15-16H2,1H3,(H,28,32). The molecule has 1 N–H and O–H groups in total. The highest BCUT2D eigenvalue weighted by atomic mass is 19.1. The molecule has 2 heterocycles. The van der Waals surface area contributed by atoms with Crippen LogP contribution in [-0.2, 0) is 37.1 Å². The second-order valence-electron chi connectivity index (χ2n) is 8.76. The molecule has 0 saturated heterocycles. The van der Waals surface area contributed by atoms with Crippen LogP contribution in [0.15, 0.2) is 47.3 Å². The van der Waals surface area contributed by atoms with Crippen molar-refractivity contribution in [1.29, 1.82) is 0 Å². The number of carbonyl (C=O) groups is 1. The van der Waals surface area contributed by atoms with Crippen LogP contribution in [0.3, 0.4) is 0 Å². The van der Waals surface area contributed by atoms with Crippen LogP contribution in [0.25, 0.3) is 11.4 Å². The van der Waals surface area contributed by atoms with Gasteiger partial charge in [0.1, 0.15) is 18.2 Å². The smallest absolute Gasteiger partial charge is 0.259 e. The van der Waals surface area contributed by atoms with Crippen LogP contribution in [0.5, 0.6) is 0 Å². The second kappa shape index (κ2) is 8.90. The third kappa shape index (κ3) is 4.33. The van der Waals surface area contributed by atoms with Crippen molar-refractivity contribution in [1.82, 2.24) is 14.5 Å². The molecule has 1 aliphatic carbocycles. The number of nitrogens with one attached hydrogen (secondary N) is 1. The van der Waals surface area contributed by atoms with Crippen molar-refractivity contribution >= 4 is 11.6 Å². The first-order valence-electron chi connectivity index (χ1n) is 11.5. The fraction of sp³-hybridized carbons (Fsp3) is 0.346. The maximum Gasteiger partial charge on any atom is 0.259 e. The Balaban J connectivity index is 1.49. The highest BCUT2D eigenvalue weighted by Gasteiger charge is 2.24. The molecular weight excluding hydrogens is 419 g/mol. The van der Waals surface area contributed by atoms with Crippen molar-refractivity contribution in [3.8, 4) is 11.4 Å². The molecule has 7 heteroatoms. The van der Waals surface area contributed by atoms with E-state index in [1.807, 2.05) is 12.1 Å². The summed E-state index contributed by atoms with van der Waals surface area (Å²) >= 11 is 0. The molecule has 1 amide bonds.